The average Bonchev–Trinajstić information content (AvgIpc) is 2.74. The fourth-order valence-corrected chi connectivity index (χ4v) is 4.13. The van der Waals surface area contributed by atoms with Crippen molar-refractivity contribution in [2.24, 2.45) is 0 Å². The summed E-state index contributed by atoms with van der Waals surface area (Å²) in [5.74, 6) is 0.471. The summed E-state index contributed by atoms with van der Waals surface area (Å²) in [6.45, 7) is 1.92. The summed E-state index contributed by atoms with van der Waals surface area (Å²) in [5.41, 5.74) is 3.47. The van der Waals surface area contributed by atoms with Crippen molar-refractivity contribution >= 4 is 32.6 Å². The van der Waals surface area contributed by atoms with Crippen LogP contribution in [0.25, 0.3) is 27.7 Å². The first-order valence-corrected chi connectivity index (χ1v) is 11.1. The summed E-state index contributed by atoms with van der Waals surface area (Å²) in [5, 5.41) is 1.16. The van der Waals surface area contributed by atoms with Crippen molar-refractivity contribution in [2.45, 2.75) is 11.8 Å². The number of benzene rings is 3. The molecule has 0 saturated carbocycles. The molecular weight excluding hydrogens is 438 g/mol. The minimum atomic E-state index is -4.36. The Morgan fingerprint density at radius 1 is 0.935 bits per heavy atom. The highest BCUT2D eigenvalue weighted by atomic mass is 35.5. The van der Waals surface area contributed by atoms with Gasteiger partial charge in [-0.2, -0.15) is 8.42 Å². The Balaban J connectivity index is 1.92. The zero-order valence-corrected chi connectivity index (χ0v) is 18.2. The van der Waals surface area contributed by atoms with Gasteiger partial charge < -0.3 is 4.74 Å². The van der Waals surface area contributed by atoms with Crippen molar-refractivity contribution in [3.63, 3.8) is 0 Å². The number of aromatic nitrogens is 1. The van der Waals surface area contributed by atoms with E-state index in [-0.39, 0.29) is 10.5 Å². The number of methoxy groups -OCH3 is 1. The molecule has 6 nitrogen and oxygen atoms in total. The first kappa shape index (κ1) is 21.1. The third kappa shape index (κ3) is 3.95. The van der Waals surface area contributed by atoms with Crippen LogP contribution in [0.3, 0.4) is 0 Å². The Labute approximate surface area is 184 Å². The molecule has 31 heavy (non-hydrogen) atoms. The highest BCUT2D eigenvalue weighted by molar-refractivity contribution is 7.85. The zero-order chi connectivity index (χ0) is 22.3. The molecule has 0 bridgehead atoms. The molecule has 0 fully saturated rings. The number of ether oxygens (including phenoxy) is 1. The van der Waals surface area contributed by atoms with Crippen molar-refractivity contribution < 1.29 is 17.7 Å². The number of hydrogen-bond acceptors (Lipinski definition) is 4. The monoisotopic (exact) mass is 455 g/mol. The normalized spacial score (nSPS) is 11.6. The molecular formula is C23H18ClNO5S. The number of hydrogen-bond donors (Lipinski definition) is 1. The molecule has 3 aromatic carbocycles. The summed E-state index contributed by atoms with van der Waals surface area (Å²) >= 11 is 6.13. The van der Waals surface area contributed by atoms with Crippen molar-refractivity contribution in [3.05, 3.63) is 87.7 Å². The Kier molecular flexibility index (Phi) is 5.35. The second kappa shape index (κ2) is 7.85. The number of pyridine rings is 1. The number of fused-ring (bicyclic) bond motifs is 1. The smallest absolute Gasteiger partial charge is 0.294 e. The molecule has 0 atom stereocenters. The highest BCUT2D eigenvalue weighted by Gasteiger charge is 2.15. The van der Waals surface area contributed by atoms with E-state index in [9.17, 15) is 17.8 Å². The second-order valence-corrected chi connectivity index (χ2v) is 8.88. The maximum Gasteiger partial charge on any atom is 0.294 e. The lowest BCUT2D eigenvalue weighted by molar-refractivity contribution is 0.413. The van der Waals surface area contributed by atoms with E-state index in [4.69, 9.17) is 16.3 Å². The van der Waals surface area contributed by atoms with Crippen molar-refractivity contribution in [3.8, 4) is 22.6 Å². The van der Waals surface area contributed by atoms with Gasteiger partial charge >= 0.3 is 0 Å². The first-order valence-electron chi connectivity index (χ1n) is 9.27. The van der Waals surface area contributed by atoms with E-state index < -0.39 is 10.1 Å². The van der Waals surface area contributed by atoms with Crippen LogP contribution in [0, 0.1) is 6.92 Å². The summed E-state index contributed by atoms with van der Waals surface area (Å²) < 4.78 is 39.3. The van der Waals surface area contributed by atoms with Crippen LogP contribution in [0.2, 0.25) is 5.02 Å². The van der Waals surface area contributed by atoms with Gasteiger partial charge in [0.15, 0.2) is 0 Å². The predicted octanol–water partition coefficient (Wildman–Crippen LogP) is 4.87. The molecule has 0 aliphatic carbocycles. The molecule has 1 N–H and O–H groups in total. The molecule has 0 aliphatic heterocycles. The molecule has 158 valence electrons. The van der Waals surface area contributed by atoms with Gasteiger partial charge in [0, 0.05) is 16.5 Å². The van der Waals surface area contributed by atoms with Crippen LogP contribution < -0.4 is 10.3 Å². The topological polar surface area (TPSA) is 85.6 Å². The lowest BCUT2D eigenvalue weighted by Crippen LogP contribution is -2.18. The molecule has 1 aromatic heterocycles. The van der Waals surface area contributed by atoms with Crippen LogP contribution in [0.4, 0.5) is 0 Å². The van der Waals surface area contributed by atoms with E-state index in [1.165, 1.54) is 42.0 Å². The van der Waals surface area contributed by atoms with Crippen molar-refractivity contribution in [2.75, 3.05) is 7.11 Å². The van der Waals surface area contributed by atoms with Gasteiger partial charge in [0.2, 0.25) is 0 Å². The van der Waals surface area contributed by atoms with Crippen LogP contribution in [0.1, 0.15) is 5.56 Å². The van der Waals surface area contributed by atoms with Gasteiger partial charge in [-0.3, -0.25) is 13.9 Å². The van der Waals surface area contributed by atoms with E-state index in [1.54, 1.807) is 6.07 Å². The molecule has 8 heteroatoms. The standard InChI is InChI=1S/C23H18ClNO5S/c1-14-11-15(3-7-19(14)24)16-4-8-21(22(13-16)30-2)25-20-9-6-18(31(27,28)29)12-17(20)5-10-23(25)26/h3-13H,1-2H3,(H,27,28,29). The number of halogens is 1. The van der Waals surface area contributed by atoms with E-state index in [0.29, 0.717) is 27.4 Å². The lowest BCUT2D eigenvalue weighted by Gasteiger charge is -2.16. The second-order valence-electron chi connectivity index (χ2n) is 7.05. The third-order valence-corrected chi connectivity index (χ3v) is 6.35. The van der Waals surface area contributed by atoms with Gasteiger partial charge in [0.25, 0.3) is 15.7 Å². The van der Waals surface area contributed by atoms with Crippen molar-refractivity contribution in [1.29, 1.82) is 0 Å². The van der Waals surface area contributed by atoms with Gasteiger partial charge in [-0.15, -0.1) is 0 Å². The van der Waals surface area contributed by atoms with E-state index in [2.05, 4.69) is 0 Å². The summed E-state index contributed by atoms with van der Waals surface area (Å²) in [6, 6.07) is 18.1. The van der Waals surface area contributed by atoms with Crippen LogP contribution in [-0.2, 0) is 10.1 Å². The lowest BCUT2D eigenvalue weighted by atomic mass is 10.0. The van der Waals surface area contributed by atoms with Crippen LogP contribution in [0.5, 0.6) is 5.75 Å². The van der Waals surface area contributed by atoms with Crippen molar-refractivity contribution in [1.82, 2.24) is 4.57 Å². The van der Waals surface area contributed by atoms with Gasteiger partial charge in [-0.05, 0) is 72.1 Å². The number of rotatable bonds is 4. The first-order chi connectivity index (χ1) is 14.7. The largest absolute Gasteiger partial charge is 0.495 e. The highest BCUT2D eigenvalue weighted by Crippen LogP contribution is 2.32. The fourth-order valence-electron chi connectivity index (χ4n) is 3.50. The van der Waals surface area contributed by atoms with Gasteiger partial charge in [0.1, 0.15) is 5.75 Å². The predicted molar refractivity (Wildman–Crippen MR) is 121 cm³/mol. The Bertz CT molecular complexity index is 1490. The average molecular weight is 456 g/mol. The molecule has 4 rings (SSSR count). The SMILES string of the molecule is COc1cc(-c2ccc(Cl)c(C)c2)ccc1-n1c(=O)ccc2cc(S(=O)(=O)O)ccc21. The van der Waals surface area contributed by atoms with E-state index in [1.807, 2.05) is 37.3 Å². The molecule has 0 aliphatic rings. The maximum atomic E-state index is 12.7. The van der Waals surface area contributed by atoms with Crippen LogP contribution in [-0.4, -0.2) is 24.6 Å². The minimum Gasteiger partial charge on any atom is -0.495 e. The third-order valence-electron chi connectivity index (χ3n) is 5.08. The number of aryl methyl sites for hydroxylation is 1. The van der Waals surface area contributed by atoms with E-state index in [0.717, 1.165) is 16.7 Å². The summed E-state index contributed by atoms with van der Waals surface area (Å²) in [6.07, 6.45) is 0. The Hall–Kier alpha value is -3.13. The molecule has 0 amide bonds. The zero-order valence-electron chi connectivity index (χ0n) is 16.7. The summed E-state index contributed by atoms with van der Waals surface area (Å²) in [4.78, 5) is 12.5. The Morgan fingerprint density at radius 3 is 2.32 bits per heavy atom. The van der Waals surface area contributed by atoms with Gasteiger partial charge in [-0.25, -0.2) is 0 Å². The molecule has 0 spiro atoms. The molecule has 0 unspecified atom stereocenters. The van der Waals surface area contributed by atoms with Gasteiger partial charge in [-0.1, -0.05) is 23.7 Å². The quantitative estimate of drug-likeness (QED) is 0.443. The Morgan fingerprint density at radius 2 is 1.65 bits per heavy atom. The number of nitrogens with zero attached hydrogens (tertiary/aromatic N) is 1. The molecule has 0 radical (unpaired) electrons. The van der Waals surface area contributed by atoms with E-state index >= 15 is 0 Å². The maximum absolute atomic E-state index is 12.7. The molecule has 0 saturated heterocycles. The van der Waals surface area contributed by atoms with Crippen LogP contribution >= 0.6 is 11.6 Å². The molecule has 1 heterocycles. The molecule has 4 aromatic rings. The minimum absolute atomic E-state index is 0.245. The van der Waals surface area contributed by atoms with Gasteiger partial charge in [0.05, 0.1) is 23.2 Å². The van der Waals surface area contributed by atoms with Crippen LogP contribution in [0.15, 0.2) is 76.4 Å². The summed E-state index contributed by atoms with van der Waals surface area (Å²) in [7, 11) is -2.84. The fraction of sp³-hybridized carbons (Fsp3) is 0.0870.